The summed E-state index contributed by atoms with van der Waals surface area (Å²) in [7, 11) is 0. The predicted octanol–water partition coefficient (Wildman–Crippen LogP) is 2.53. The van der Waals surface area contributed by atoms with Crippen LogP contribution in [0.1, 0.15) is 29.0 Å². The van der Waals surface area contributed by atoms with Crippen LogP contribution < -0.4 is 0 Å². The van der Waals surface area contributed by atoms with Crippen LogP contribution in [0.3, 0.4) is 0 Å². The lowest BCUT2D eigenvalue weighted by molar-refractivity contribution is -0.139. The summed E-state index contributed by atoms with van der Waals surface area (Å²) >= 11 is 1.73. The topological polar surface area (TPSA) is 43.9 Å². The summed E-state index contributed by atoms with van der Waals surface area (Å²) in [6, 6.07) is 8.67. The number of benzene rings is 1. The van der Waals surface area contributed by atoms with Crippen molar-refractivity contribution < 1.29 is 14.0 Å². The maximum Gasteiger partial charge on any atom is 0.236 e. The first-order chi connectivity index (χ1) is 13.5. The van der Waals surface area contributed by atoms with Crippen molar-refractivity contribution >= 4 is 23.2 Å². The Morgan fingerprint density at radius 1 is 1.11 bits per heavy atom. The first-order valence-corrected chi connectivity index (χ1v) is 10.5. The van der Waals surface area contributed by atoms with E-state index in [4.69, 9.17) is 0 Å². The molecule has 0 saturated carbocycles. The molecule has 2 aliphatic rings. The van der Waals surface area contributed by atoms with E-state index in [1.54, 1.807) is 35.3 Å². The molecule has 1 fully saturated rings. The summed E-state index contributed by atoms with van der Waals surface area (Å²) < 4.78 is 13.9. The Labute approximate surface area is 168 Å². The quantitative estimate of drug-likeness (QED) is 0.794. The van der Waals surface area contributed by atoms with Gasteiger partial charge < -0.3 is 9.80 Å². The van der Waals surface area contributed by atoms with Crippen LogP contribution in [0.25, 0.3) is 0 Å². The van der Waals surface area contributed by atoms with Gasteiger partial charge in [0.25, 0.3) is 0 Å². The van der Waals surface area contributed by atoms with Crippen molar-refractivity contribution in [1.29, 1.82) is 0 Å². The van der Waals surface area contributed by atoms with Gasteiger partial charge >= 0.3 is 0 Å². The Hall–Kier alpha value is -2.25. The number of hydrogen-bond donors (Lipinski definition) is 0. The summed E-state index contributed by atoms with van der Waals surface area (Å²) in [4.78, 5) is 31.5. The van der Waals surface area contributed by atoms with E-state index in [1.807, 2.05) is 11.0 Å². The molecular formula is C21H24FN3O2S. The second-order valence-electron chi connectivity index (χ2n) is 7.36. The Balaban J connectivity index is 1.52. The monoisotopic (exact) mass is 401 g/mol. The zero-order chi connectivity index (χ0) is 19.7. The largest absolute Gasteiger partial charge is 0.339 e. The number of halogens is 1. The molecule has 0 radical (unpaired) electrons. The lowest BCUT2D eigenvalue weighted by Crippen LogP contribution is -2.53. The van der Waals surface area contributed by atoms with Crippen LogP contribution in [-0.4, -0.2) is 65.8 Å². The third-order valence-corrected chi connectivity index (χ3v) is 6.64. The summed E-state index contributed by atoms with van der Waals surface area (Å²) in [5.74, 6) is -0.131. The maximum absolute atomic E-state index is 13.9. The molecule has 2 aliphatic heterocycles. The second kappa shape index (κ2) is 8.01. The molecule has 28 heavy (non-hydrogen) atoms. The minimum atomic E-state index is -0.258. The van der Waals surface area contributed by atoms with Crippen LogP contribution in [0, 0.1) is 5.82 Å². The summed E-state index contributed by atoms with van der Waals surface area (Å²) in [6.45, 7) is 4.95. The van der Waals surface area contributed by atoms with Gasteiger partial charge in [0.1, 0.15) is 5.82 Å². The van der Waals surface area contributed by atoms with Crippen LogP contribution in [-0.2, 0) is 16.0 Å². The minimum absolute atomic E-state index is 0.0549. The van der Waals surface area contributed by atoms with Crippen molar-refractivity contribution in [2.75, 3.05) is 39.3 Å². The van der Waals surface area contributed by atoms with E-state index in [0.29, 0.717) is 32.7 Å². The second-order valence-corrected chi connectivity index (χ2v) is 8.36. The molecule has 0 bridgehead atoms. The number of nitrogens with zero attached hydrogens (tertiary/aromatic N) is 3. The highest BCUT2D eigenvalue weighted by Gasteiger charge is 2.32. The molecule has 3 heterocycles. The third kappa shape index (κ3) is 3.82. The number of amides is 2. The predicted molar refractivity (Wildman–Crippen MR) is 107 cm³/mol. The van der Waals surface area contributed by atoms with E-state index in [9.17, 15) is 14.0 Å². The van der Waals surface area contributed by atoms with Crippen molar-refractivity contribution in [2.24, 2.45) is 0 Å². The van der Waals surface area contributed by atoms with Gasteiger partial charge in [0.05, 0.1) is 12.6 Å². The molecule has 0 aliphatic carbocycles. The fourth-order valence-electron chi connectivity index (χ4n) is 4.15. The van der Waals surface area contributed by atoms with Crippen LogP contribution in [0.4, 0.5) is 4.39 Å². The third-order valence-electron chi connectivity index (χ3n) is 5.65. The van der Waals surface area contributed by atoms with E-state index in [0.717, 1.165) is 18.5 Å². The molecule has 4 rings (SSSR count). The van der Waals surface area contributed by atoms with Crippen LogP contribution >= 0.6 is 11.3 Å². The molecule has 1 unspecified atom stereocenters. The highest BCUT2D eigenvalue weighted by molar-refractivity contribution is 7.10. The van der Waals surface area contributed by atoms with Crippen LogP contribution in [0.5, 0.6) is 0 Å². The van der Waals surface area contributed by atoms with Gasteiger partial charge in [0.15, 0.2) is 0 Å². The number of thiophene rings is 1. The number of carbonyl (C=O) groups excluding carboxylic acids is 2. The molecule has 7 heteroatoms. The molecule has 2 amide bonds. The summed E-state index contributed by atoms with van der Waals surface area (Å²) in [5.41, 5.74) is 2.06. The average Bonchev–Trinajstić information content (AvgIpc) is 3.16. The van der Waals surface area contributed by atoms with Gasteiger partial charge in [-0.1, -0.05) is 12.1 Å². The van der Waals surface area contributed by atoms with Gasteiger partial charge in [-0.2, -0.15) is 0 Å². The van der Waals surface area contributed by atoms with Gasteiger partial charge in [-0.25, -0.2) is 4.39 Å². The van der Waals surface area contributed by atoms with Crippen LogP contribution in [0.2, 0.25) is 0 Å². The van der Waals surface area contributed by atoms with Crippen molar-refractivity contribution in [3.05, 3.63) is 57.5 Å². The molecule has 2 aromatic rings. The SMILES string of the molecule is CC(=O)N1CCN(C(=O)CN2CCc3sccc3C2c2cccc(F)c2)CC1. The molecule has 5 nitrogen and oxygen atoms in total. The van der Waals surface area contributed by atoms with Crippen molar-refractivity contribution in [3.63, 3.8) is 0 Å². The molecular weight excluding hydrogens is 377 g/mol. The molecule has 148 valence electrons. The fourth-order valence-corrected chi connectivity index (χ4v) is 5.05. The highest BCUT2D eigenvalue weighted by atomic mass is 32.1. The van der Waals surface area contributed by atoms with Gasteiger partial charge in [-0.15, -0.1) is 11.3 Å². The number of piperazine rings is 1. The molecule has 1 aromatic carbocycles. The smallest absolute Gasteiger partial charge is 0.236 e. The average molecular weight is 402 g/mol. The van der Waals surface area contributed by atoms with Crippen molar-refractivity contribution in [3.8, 4) is 0 Å². The normalized spacial score (nSPS) is 20.1. The first-order valence-electron chi connectivity index (χ1n) is 9.62. The Bertz CT molecular complexity index is 876. The van der Waals surface area contributed by atoms with Gasteiger partial charge in [0.2, 0.25) is 11.8 Å². The van der Waals surface area contributed by atoms with Crippen LogP contribution in [0.15, 0.2) is 35.7 Å². The van der Waals surface area contributed by atoms with Crippen molar-refractivity contribution in [2.45, 2.75) is 19.4 Å². The maximum atomic E-state index is 13.9. The van der Waals surface area contributed by atoms with Gasteiger partial charge in [-0.05, 0) is 41.1 Å². The Morgan fingerprint density at radius 3 is 2.57 bits per heavy atom. The number of rotatable bonds is 3. The summed E-state index contributed by atoms with van der Waals surface area (Å²) in [6.07, 6.45) is 0.907. The summed E-state index contributed by atoms with van der Waals surface area (Å²) in [5, 5.41) is 2.07. The highest BCUT2D eigenvalue weighted by Crippen LogP contribution is 2.37. The zero-order valence-electron chi connectivity index (χ0n) is 15.9. The van der Waals surface area contributed by atoms with E-state index < -0.39 is 0 Å². The number of hydrogen-bond acceptors (Lipinski definition) is 4. The number of fused-ring (bicyclic) bond motifs is 1. The molecule has 0 N–H and O–H groups in total. The number of carbonyl (C=O) groups is 2. The van der Waals surface area contributed by atoms with Crippen molar-refractivity contribution in [1.82, 2.24) is 14.7 Å². The first kappa shape index (κ1) is 19.1. The molecule has 1 saturated heterocycles. The zero-order valence-corrected chi connectivity index (χ0v) is 16.8. The molecule has 0 spiro atoms. The lowest BCUT2D eigenvalue weighted by Gasteiger charge is -2.39. The lowest BCUT2D eigenvalue weighted by atomic mass is 9.93. The standard InChI is InChI=1S/C21H24FN3O2S/c1-15(26)23-8-10-24(11-9-23)20(27)14-25-7-5-19-18(6-12-28-19)21(25)16-3-2-4-17(22)13-16/h2-4,6,12-13,21H,5,7-11,14H2,1H3. The Kier molecular flexibility index (Phi) is 5.46. The fraction of sp³-hybridized carbons (Fsp3) is 0.429. The van der Waals surface area contributed by atoms with E-state index in [-0.39, 0.29) is 23.7 Å². The minimum Gasteiger partial charge on any atom is -0.339 e. The van der Waals surface area contributed by atoms with E-state index >= 15 is 0 Å². The van der Waals surface area contributed by atoms with E-state index in [2.05, 4.69) is 16.3 Å². The van der Waals surface area contributed by atoms with Gasteiger partial charge in [0, 0.05) is 44.5 Å². The Morgan fingerprint density at radius 2 is 1.86 bits per heavy atom. The van der Waals surface area contributed by atoms with E-state index in [1.165, 1.54) is 16.5 Å². The molecule has 1 aromatic heterocycles. The molecule has 1 atom stereocenters. The van der Waals surface area contributed by atoms with Gasteiger partial charge in [-0.3, -0.25) is 14.5 Å².